The number of rotatable bonds is 9. The highest BCUT2D eigenvalue weighted by atomic mass is 35.5. The summed E-state index contributed by atoms with van der Waals surface area (Å²) in [6.07, 6.45) is 0.562. The summed E-state index contributed by atoms with van der Waals surface area (Å²) in [7, 11) is 0. The number of carbonyl (C=O) groups is 1. The quantitative estimate of drug-likeness (QED) is 0.535. The molecule has 0 aliphatic carbocycles. The number of benzene rings is 1. The lowest BCUT2D eigenvalue weighted by atomic mass is 9.99. The van der Waals surface area contributed by atoms with Crippen LogP contribution in [-0.2, 0) is 11.3 Å². The zero-order valence-electron chi connectivity index (χ0n) is 15.7. The summed E-state index contributed by atoms with van der Waals surface area (Å²) >= 11 is 10.9. The Bertz CT molecular complexity index is 755. The summed E-state index contributed by atoms with van der Waals surface area (Å²) in [6.45, 7) is 3.90. The maximum atomic E-state index is 13.2. The molecule has 3 N–H and O–H groups in total. The van der Waals surface area contributed by atoms with Gasteiger partial charge in [-0.1, -0.05) is 67.4 Å². The van der Waals surface area contributed by atoms with Gasteiger partial charge in [-0.25, -0.2) is 4.39 Å². The van der Waals surface area contributed by atoms with Crippen LogP contribution in [0.2, 0.25) is 0 Å². The average molecular weight is 428 g/mol. The maximum absolute atomic E-state index is 13.2. The van der Waals surface area contributed by atoms with Crippen molar-refractivity contribution in [3.8, 4) is 11.1 Å². The lowest BCUT2D eigenvalue weighted by Gasteiger charge is -2.22. The number of alkyl halides is 3. The molecule has 152 valence electrons. The van der Waals surface area contributed by atoms with Gasteiger partial charge in [-0.2, -0.15) is 0 Å². The van der Waals surface area contributed by atoms with Gasteiger partial charge >= 0.3 is 0 Å². The fourth-order valence-corrected chi connectivity index (χ4v) is 2.69. The van der Waals surface area contributed by atoms with E-state index >= 15 is 0 Å². The van der Waals surface area contributed by atoms with Crippen LogP contribution in [0.3, 0.4) is 0 Å². The van der Waals surface area contributed by atoms with Gasteiger partial charge in [0.05, 0.1) is 11.7 Å². The van der Waals surface area contributed by atoms with E-state index in [-0.39, 0.29) is 0 Å². The number of hydrogen-bond acceptors (Lipinski definition) is 4. The molecule has 0 saturated heterocycles. The Morgan fingerprint density at radius 3 is 2.29 bits per heavy atom. The molecule has 2 rings (SSSR count). The second-order valence-corrected chi connectivity index (χ2v) is 7.81. The first-order valence-electron chi connectivity index (χ1n) is 8.93. The van der Waals surface area contributed by atoms with Crippen molar-refractivity contribution in [2.24, 2.45) is 0 Å². The molecular formula is C20H24Cl2FN3O2. The molecule has 0 bridgehead atoms. The monoisotopic (exact) mass is 427 g/mol. The number of aliphatic hydroxyl groups is 1. The largest absolute Gasteiger partial charge is 0.386 e. The van der Waals surface area contributed by atoms with Crippen LogP contribution >= 0.6 is 23.2 Å². The van der Waals surface area contributed by atoms with E-state index < -0.39 is 29.6 Å². The Morgan fingerprint density at radius 2 is 1.79 bits per heavy atom. The van der Waals surface area contributed by atoms with Gasteiger partial charge in [-0.05, 0) is 17.2 Å². The third-order valence-corrected chi connectivity index (χ3v) is 4.57. The van der Waals surface area contributed by atoms with E-state index in [0.717, 1.165) is 16.8 Å². The zero-order chi connectivity index (χ0) is 20.7. The molecule has 1 aromatic heterocycles. The molecule has 2 atom stereocenters. The predicted octanol–water partition coefficient (Wildman–Crippen LogP) is 3.54. The molecule has 1 aromatic carbocycles. The fourth-order valence-electron chi connectivity index (χ4n) is 2.56. The van der Waals surface area contributed by atoms with Gasteiger partial charge in [-0.3, -0.25) is 9.78 Å². The van der Waals surface area contributed by atoms with Gasteiger partial charge in [0.2, 0.25) is 0 Å². The highest BCUT2D eigenvalue weighted by molar-refractivity contribution is 6.53. The Morgan fingerprint density at radius 1 is 1.14 bits per heavy atom. The Labute approximate surface area is 174 Å². The molecule has 0 aliphatic heterocycles. The number of nitrogens with one attached hydrogen (secondary N) is 2. The van der Waals surface area contributed by atoms with E-state index in [1.54, 1.807) is 18.3 Å². The molecule has 0 aliphatic rings. The molecule has 0 radical (unpaired) electrons. The second kappa shape index (κ2) is 10.7. The number of aromatic nitrogens is 1. The molecule has 0 spiro atoms. The molecule has 0 fully saturated rings. The van der Waals surface area contributed by atoms with Crippen LogP contribution in [0.4, 0.5) is 4.39 Å². The van der Waals surface area contributed by atoms with Gasteiger partial charge in [0.1, 0.15) is 12.8 Å². The minimum Gasteiger partial charge on any atom is -0.386 e. The SMILES string of the molecule is CC(C)NCc1ccc(-c2ccc([C@@H](O)[C@@H](CF)NC(=O)C(Cl)Cl)cc2)cn1. The van der Waals surface area contributed by atoms with Crippen LogP contribution in [0.1, 0.15) is 31.2 Å². The lowest BCUT2D eigenvalue weighted by molar-refractivity contribution is -0.121. The van der Waals surface area contributed by atoms with Gasteiger partial charge < -0.3 is 15.7 Å². The Kier molecular flexibility index (Phi) is 8.63. The van der Waals surface area contributed by atoms with Crippen LogP contribution in [-0.4, -0.2) is 39.6 Å². The molecular weight excluding hydrogens is 404 g/mol. The number of hydrogen-bond donors (Lipinski definition) is 3. The van der Waals surface area contributed by atoms with E-state index in [4.69, 9.17) is 23.2 Å². The van der Waals surface area contributed by atoms with E-state index in [1.165, 1.54) is 0 Å². The summed E-state index contributed by atoms with van der Waals surface area (Å²) < 4.78 is 13.2. The number of carbonyl (C=O) groups excluding carboxylic acids is 1. The molecule has 8 heteroatoms. The molecule has 0 saturated carbocycles. The molecule has 5 nitrogen and oxygen atoms in total. The molecule has 0 unspecified atom stereocenters. The average Bonchev–Trinajstić information content (AvgIpc) is 2.70. The first-order chi connectivity index (χ1) is 13.3. The Hall–Kier alpha value is -1.73. The van der Waals surface area contributed by atoms with Crippen molar-refractivity contribution in [3.63, 3.8) is 0 Å². The summed E-state index contributed by atoms with van der Waals surface area (Å²) in [6, 6.07) is 10.2. The molecule has 28 heavy (non-hydrogen) atoms. The minimum atomic E-state index is -1.32. The van der Waals surface area contributed by atoms with Crippen LogP contribution in [0, 0.1) is 0 Å². The number of aliphatic hydroxyl groups excluding tert-OH is 1. The molecule has 1 heterocycles. The van der Waals surface area contributed by atoms with E-state index in [0.29, 0.717) is 18.2 Å². The highest BCUT2D eigenvalue weighted by Crippen LogP contribution is 2.24. The van der Waals surface area contributed by atoms with Gasteiger partial charge in [0.25, 0.3) is 5.91 Å². The van der Waals surface area contributed by atoms with Crippen LogP contribution in [0.5, 0.6) is 0 Å². The number of pyridine rings is 1. The van der Waals surface area contributed by atoms with Crippen molar-refractivity contribution >= 4 is 29.1 Å². The fraction of sp³-hybridized carbons (Fsp3) is 0.400. The summed E-state index contributed by atoms with van der Waals surface area (Å²) in [5.41, 5.74) is 3.26. The molecule has 2 aromatic rings. The summed E-state index contributed by atoms with van der Waals surface area (Å²) in [5.74, 6) is -0.750. The van der Waals surface area contributed by atoms with Gasteiger partial charge in [-0.15, -0.1) is 0 Å². The Balaban J connectivity index is 2.06. The predicted molar refractivity (Wildman–Crippen MR) is 110 cm³/mol. The number of amides is 1. The third kappa shape index (κ3) is 6.41. The number of nitrogens with zero attached hydrogens (tertiary/aromatic N) is 1. The van der Waals surface area contributed by atoms with E-state index in [1.807, 2.05) is 24.3 Å². The first kappa shape index (κ1) is 22.6. The van der Waals surface area contributed by atoms with Crippen molar-refractivity contribution in [1.82, 2.24) is 15.6 Å². The summed E-state index contributed by atoms with van der Waals surface area (Å²) in [4.78, 5) is 14.7. The van der Waals surface area contributed by atoms with Crippen LogP contribution < -0.4 is 10.6 Å². The van der Waals surface area contributed by atoms with Crippen LogP contribution in [0.15, 0.2) is 42.6 Å². The van der Waals surface area contributed by atoms with Crippen molar-refractivity contribution in [2.45, 2.75) is 43.4 Å². The highest BCUT2D eigenvalue weighted by Gasteiger charge is 2.25. The standard InChI is InChI=1S/C20H24Cl2FN3O2/c1-12(2)24-11-16-8-7-15(10-25-16)13-3-5-14(6-4-13)18(27)17(9-23)26-20(28)19(21)22/h3-8,10,12,17-19,24,27H,9,11H2,1-2H3,(H,26,28)/t17-,18-/m1/s1. The van der Waals surface area contributed by atoms with Crippen molar-refractivity contribution in [1.29, 1.82) is 0 Å². The smallest absolute Gasteiger partial charge is 0.253 e. The molecule has 1 amide bonds. The van der Waals surface area contributed by atoms with Gasteiger partial charge in [0, 0.05) is 24.3 Å². The van der Waals surface area contributed by atoms with Crippen LogP contribution in [0.25, 0.3) is 11.1 Å². The maximum Gasteiger partial charge on any atom is 0.253 e. The van der Waals surface area contributed by atoms with Gasteiger partial charge in [0.15, 0.2) is 4.84 Å². The van der Waals surface area contributed by atoms with E-state index in [2.05, 4.69) is 29.5 Å². The van der Waals surface area contributed by atoms with Crippen molar-refractivity contribution in [3.05, 3.63) is 53.9 Å². The minimum absolute atomic E-state index is 0.387. The van der Waals surface area contributed by atoms with E-state index in [9.17, 15) is 14.3 Å². The third-order valence-electron chi connectivity index (χ3n) is 4.17. The zero-order valence-corrected chi connectivity index (χ0v) is 17.2. The summed E-state index contributed by atoms with van der Waals surface area (Å²) in [5, 5.41) is 16.0. The van der Waals surface area contributed by atoms with Crippen molar-refractivity contribution in [2.75, 3.05) is 6.67 Å². The topological polar surface area (TPSA) is 74.2 Å². The normalized spacial score (nSPS) is 13.6. The second-order valence-electron chi connectivity index (χ2n) is 6.71. The lowest BCUT2D eigenvalue weighted by Crippen LogP contribution is -2.43. The number of halogens is 3. The first-order valence-corrected chi connectivity index (χ1v) is 9.80. The van der Waals surface area contributed by atoms with Crippen molar-refractivity contribution < 1.29 is 14.3 Å².